The van der Waals surface area contributed by atoms with E-state index in [1.807, 2.05) is 86.3 Å². The van der Waals surface area contributed by atoms with Gasteiger partial charge in [-0.05, 0) is 30.4 Å². The fourth-order valence-corrected chi connectivity index (χ4v) is 4.75. The fourth-order valence-electron chi connectivity index (χ4n) is 4.75. The number of aromatic nitrogens is 2. The van der Waals surface area contributed by atoms with Crippen LogP contribution in [0.15, 0.2) is 66.7 Å². The minimum absolute atomic E-state index is 0.115. The Labute approximate surface area is 224 Å². The van der Waals surface area contributed by atoms with E-state index in [9.17, 15) is 14.4 Å². The van der Waals surface area contributed by atoms with Gasteiger partial charge in [-0.25, -0.2) is 0 Å². The molecule has 0 saturated heterocycles. The first-order valence-electron chi connectivity index (χ1n) is 13.4. The molecule has 0 bridgehead atoms. The first-order chi connectivity index (χ1) is 18.3. The molecule has 0 aliphatic carbocycles. The number of carbonyl (C=O) groups is 3. The Balaban J connectivity index is 1.43. The predicted molar refractivity (Wildman–Crippen MR) is 146 cm³/mol. The van der Waals surface area contributed by atoms with Gasteiger partial charge in [0.25, 0.3) is 11.8 Å². The molecule has 0 fully saturated rings. The maximum atomic E-state index is 13.5. The van der Waals surface area contributed by atoms with Crippen molar-refractivity contribution in [2.24, 2.45) is 5.92 Å². The maximum Gasteiger partial charge on any atom is 0.274 e. The molecule has 4 rings (SSSR count). The fraction of sp³-hybridized carbons (Fsp3) is 0.400. The lowest BCUT2D eigenvalue weighted by Gasteiger charge is -2.24. The van der Waals surface area contributed by atoms with Gasteiger partial charge < -0.3 is 15.1 Å². The molecule has 0 saturated carbocycles. The average molecular weight is 516 g/mol. The molecular formula is C30H37N5O3. The van der Waals surface area contributed by atoms with Crippen LogP contribution in [0.2, 0.25) is 0 Å². The van der Waals surface area contributed by atoms with Crippen molar-refractivity contribution in [2.75, 3.05) is 19.6 Å². The van der Waals surface area contributed by atoms with E-state index in [2.05, 4.69) is 10.4 Å². The van der Waals surface area contributed by atoms with Crippen LogP contribution < -0.4 is 5.32 Å². The van der Waals surface area contributed by atoms with Gasteiger partial charge >= 0.3 is 0 Å². The van der Waals surface area contributed by atoms with Crippen molar-refractivity contribution in [3.05, 3.63) is 89.2 Å². The molecule has 200 valence electrons. The summed E-state index contributed by atoms with van der Waals surface area (Å²) >= 11 is 0. The lowest BCUT2D eigenvalue weighted by atomic mass is 10.1. The number of nitrogens with one attached hydrogen (secondary N) is 1. The smallest absolute Gasteiger partial charge is 0.274 e. The number of rotatable bonds is 10. The van der Waals surface area contributed by atoms with Gasteiger partial charge in [0.1, 0.15) is 5.69 Å². The first-order valence-corrected chi connectivity index (χ1v) is 13.4. The van der Waals surface area contributed by atoms with Crippen LogP contribution in [0.25, 0.3) is 0 Å². The lowest BCUT2D eigenvalue weighted by molar-refractivity contribution is -0.121. The Morgan fingerprint density at radius 2 is 1.68 bits per heavy atom. The van der Waals surface area contributed by atoms with Crippen molar-refractivity contribution in [1.29, 1.82) is 0 Å². The van der Waals surface area contributed by atoms with Gasteiger partial charge in [0.05, 0.1) is 6.04 Å². The zero-order chi connectivity index (χ0) is 27.1. The largest absolute Gasteiger partial charge is 0.350 e. The third kappa shape index (κ3) is 6.88. The molecule has 1 aliphatic rings. The Kier molecular flexibility index (Phi) is 8.94. The van der Waals surface area contributed by atoms with E-state index >= 15 is 0 Å². The summed E-state index contributed by atoms with van der Waals surface area (Å²) in [4.78, 5) is 43.0. The normalized spacial score (nSPS) is 14.1. The summed E-state index contributed by atoms with van der Waals surface area (Å²) in [6.07, 6.45) is 0.948. The number of hydrogen-bond donors (Lipinski definition) is 1. The Morgan fingerprint density at radius 3 is 2.37 bits per heavy atom. The number of hydrogen-bond acceptors (Lipinski definition) is 4. The second-order valence-electron chi connectivity index (χ2n) is 10.3. The summed E-state index contributed by atoms with van der Waals surface area (Å²) in [5.74, 6) is -0.280. The third-order valence-corrected chi connectivity index (χ3v) is 6.68. The third-order valence-electron chi connectivity index (χ3n) is 6.68. The summed E-state index contributed by atoms with van der Waals surface area (Å²) in [5.41, 5.74) is 2.77. The van der Waals surface area contributed by atoms with Crippen molar-refractivity contribution >= 4 is 17.7 Å². The van der Waals surface area contributed by atoms with E-state index in [-0.39, 0.29) is 48.3 Å². The van der Waals surface area contributed by atoms with Crippen molar-refractivity contribution in [1.82, 2.24) is 24.9 Å². The van der Waals surface area contributed by atoms with E-state index in [1.165, 1.54) is 0 Å². The number of benzene rings is 2. The van der Waals surface area contributed by atoms with Crippen LogP contribution in [0.4, 0.5) is 0 Å². The van der Waals surface area contributed by atoms with Crippen LogP contribution in [0.1, 0.15) is 71.8 Å². The van der Waals surface area contributed by atoms with Crippen molar-refractivity contribution in [3.8, 4) is 0 Å². The monoisotopic (exact) mass is 515 g/mol. The van der Waals surface area contributed by atoms with E-state index in [0.29, 0.717) is 31.9 Å². The topological polar surface area (TPSA) is 87.5 Å². The zero-order valence-corrected chi connectivity index (χ0v) is 22.5. The second-order valence-corrected chi connectivity index (χ2v) is 10.3. The minimum atomic E-state index is -0.259. The Hall–Kier alpha value is -3.94. The van der Waals surface area contributed by atoms with Gasteiger partial charge in [-0.15, -0.1) is 0 Å². The zero-order valence-electron chi connectivity index (χ0n) is 22.5. The molecule has 1 aliphatic heterocycles. The van der Waals surface area contributed by atoms with Crippen molar-refractivity contribution in [2.45, 2.75) is 52.7 Å². The molecular weight excluding hydrogens is 478 g/mol. The molecule has 2 aromatic carbocycles. The SMILES string of the molecule is CC(C)CN(CCC(=O)NC(C)c1ccccc1)C(=O)c1cc2n(n1)CCCN(Cc1ccccc1)C2=O. The minimum Gasteiger partial charge on any atom is -0.350 e. The van der Waals surface area contributed by atoms with Gasteiger partial charge in [0.15, 0.2) is 5.69 Å². The maximum absolute atomic E-state index is 13.5. The van der Waals surface area contributed by atoms with Gasteiger partial charge in [-0.3, -0.25) is 19.1 Å². The summed E-state index contributed by atoms with van der Waals surface area (Å²) < 4.78 is 1.66. The van der Waals surface area contributed by atoms with E-state index in [4.69, 9.17) is 0 Å². The highest BCUT2D eigenvalue weighted by atomic mass is 16.2. The summed E-state index contributed by atoms with van der Waals surface area (Å²) in [7, 11) is 0. The van der Waals surface area contributed by atoms with E-state index in [1.54, 1.807) is 15.6 Å². The summed E-state index contributed by atoms with van der Waals surface area (Å²) in [5, 5.41) is 7.54. The molecule has 8 heteroatoms. The summed E-state index contributed by atoms with van der Waals surface area (Å²) in [6, 6.07) is 21.2. The van der Waals surface area contributed by atoms with Crippen LogP contribution in [0.3, 0.4) is 0 Å². The van der Waals surface area contributed by atoms with Crippen molar-refractivity contribution in [3.63, 3.8) is 0 Å². The van der Waals surface area contributed by atoms with Gasteiger partial charge in [-0.1, -0.05) is 74.5 Å². The quantitative estimate of drug-likeness (QED) is 0.436. The number of aryl methyl sites for hydroxylation is 1. The van der Waals surface area contributed by atoms with E-state index < -0.39 is 0 Å². The van der Waals surface area contributed by atoms with Crippen LogP contribution >= 0.6 is 0 Å². The Morgan fingerprint density at radius 1 is 1.00 bits per heavy atom. The van der Waals surface area contributed by atoms with Crippen LogP contribution in [-0.2, 0) is 17.9 Å². The van der Waals surface area contributed by atoms with Crippen molar-refractivity contribution < 1.29 is 14.4 Å². The first kappa shape index (κ1) is 27.1. The molecule has 3 aromatic rings. The molecule has 0 radical (unpaired) electrons. The van der Waals surface area contributed by atoms with Gasteiger partial charge in [0.2, 0.25) is 5.91 Å². The standard InChI is InChI=1S/C30H37N5O3/c1-22(2)20-34(18-15-28(36)31-23(3)25-13-8-5-9-14-25)29(37)26-19-27-30(38)33(16-10-17-35(27)32-26)21-24-11-6-4-7-12-24/h4-9,11-14,19,22-23H,10,15-18,20-21H2,1-3H3,(H,31,36). The second kappa shape index (κ2) is 12.5. The number of nitrogens with zero attached hydrogens (tertiary/aromatic N) is 4. The number of fused-ring (bicyclic) bond motifs is 1. The van der Waals surface area contributed by atoms with Gasteiger partial charge in [0, 0.05) is 45.2 Å². The molecule has 1 atom stereocenters. The predicted octanol–water partition coefficient (Wildman–Crippen LogP) is 4.29. The number of amides is 3. The molecule has 2 heterocycles. The molecule has 0 spiro atoms. The highest BCUT2D eigenvalue weighted by Gasteiger charge is 2.28. The molecule has 1 N–H and O–H groups in total. The van der Waals surface area contributed by atoms with Gasteiger partial charge in [-0.2, -0.15) is 5.10 Å². The highest BCUT2D eigenvalue weighted by Crippen LogP contribution is 2.18. The van der Waals surface area contributed by atoms with E-state index in [0.717, 1.165) is 17.5 Å². The lowest BCUT2D eigenvalue weighted by Crippen LogP contribution is -2.38. The van der Waals surface area contributed by atoms with Crippen LogP contribution in [0, 0.1) is 5.92 Å². The van der Waals surface area contributed by atoms with Crippen LogP contribution in [-0.4, -0.2) is 56.9 Å². The molecule has 1 aromatic heterocycles. The molecule has 1 unspecified atom stereocenters. The van der Waals surface area contributed by atoms with Crippen LogP contribution in [0.5, 0.6) is 0 Å². The molecule has 8 nitrogen and oxygen atoms in total. The molecule has 38 heavy (non-hydrogen) atoms. The number of carbonyl (C=O) groups excluding carboxylic acids is 3. The average Bonchev–Trinajstić information content (AvgIpc) is 3.29. The summed E-state index contributed by atoms with van der Waals surface area (Å²) in [6.45, 7) is 8.51. The Bertz CT molecular complexity index is 1240. The molecule has 3 amide bonds. The highest BCUT2D eigenvalue weighted by molar-refractivity contribution is 5.98.